The molecule has 0 aliphatic carbocycles. The Morgan fingerprint density at radius 3 is 1.73 bits per heavy atom. The van der Waals surface area contributed by atoms with Gasteiger partial charge in [0.25, 0.3) is 0 Å². The Morgan fingerprint density at radius 2 is 1.27 bits per heavy atom. The molecule has 1 N–H and O–H groups in total. The highest BCUT2D eigenvalue weighted by Gasteiger charge is 2.32. The number of rotatable bonds is 9. The number of unbranched alkanes of at least 4 members (excludes halogenated alkanes) is 3. The molecule has 118 valence electrons. The van der Waals surface area contributed by atoms with Gasteiger partial charge in [-0.05, 0) is 24.0 Å². The first-order valence-corrected chi connectivity index (χ1v) is 8.55. The molecule has 0 saturated heterocycles. The van der Waals surface area contributed by atoms with E-state index in [2.05, 4.69) is 67.6 Å². The van der Waals surface area contributed by atoms with Crippen LogP contribution in [-0.2, 0) is 5.41 Å². The van der Waals surface area contributed by atoms with E-state index < -0.39 is 0 Å². The van der Waals surface area contributed by atoms with Crippen molar-refractivity contribution < 1.29 is 5.11 Å². The van der Waals surface area contributed by atoms with Crippen molar-refractivity contribution >= 4 is 0 Å². The van der Waals surface area contributed by atoms with Crippen LogP contribution in [0.15, 0.2) is 60.7 Å². The van der Waals surface area contributed by atoms with Gasteiger partial charge in [0.1, 0.15) is 0 Å². The zero-order valence-electron chi connectivity index (χ0n) is 13.7. The molecule has 1 heteroatoms. The van der Waals surface area contributed by atoms with E-state index in [0.717, 1.165) is 12.8 Å². The molecule has 2 rings (SSSR count). The fraction of sp³-hybridized carbons (Fsp3) is 0.429. The van der Waals surface area contributed by atoms with Gasteiger partial charge >= 0.3 is 0 Å². The minimum Gasteiger partial charge on any atom is -0.396 e. The predicted molar refractivity (Wildman–Crippen MR) is 94.1 cm³/mol. The molecule has 0 heterocycles. The second-order valence-electron chi connectivity index (χ2n) is 6.10. The van der Waals surface area contributed by atoms with Crippen molar-refractivity contribution in [2.75, 3.05) is 6.61 Å². The molecule has 0 unspecified atom stereocenters. The summed E-state index contributed by atoms with van der Waals surface area (Å²) in [6.07, 6.45) is 6.90. The molecule has 0 amide bonds. The first kappa shape index (κ1) is 16.8. The average molecular weight is 296 g/mol. The van der Waals surface area contributed by atoms with Crippen LogP contribution in [0.2, 0.25) is 0 Å². The monoisotopic (exact) mass is 296 g/mol. The lowest BCUT2D eigenvalue weighted by atomic mass is 9.69. The molecule has 22 heavy (non-hydrogen) atoms. The van der Waals surface area contributed by atoms with Crippen LogP contribution in [0.4, 0.5) is 0 Å². The summed E-state index contributed by atoms with van der Waals surface area (Å²) in [7, 11) is 0. The molecule has 2 aromatic carbocycles. The Bertz CT molecular complexity index is 479. The van der Waals surface area contributed by atoms with Crippen molar-refractivity contribution in [2.45, 2.75) is 50.9 Å². The molecule has 0 aromatic heterocycles. The Hall–Kier alpha value is -1.60. The maximum absolute atomic E-state index is 9.73. The van der Waals surface area contributed by atoms with E-state index >= 15 is 0 Å². The SMILES string of the molecule is CCCCCCC(CCO)(c1ccccc1)c1ccccc1. The standard InChI is InChI=1S/C21H28O/c1-2-3-4-11-16-21(17-18-22,19-12-7-5-8-13-19)20-14-9-6-10-15-20/h5-10,12-15,22H,2-4,11,16-18H2,1H3. The zero-order chi connectivity index (χ0) is 15.7. The Labute approximate surface area is 135 Å². The summed E-state index contributed by atoms with van der Waals surface area (Å²) in [5.74, 6) is 0. The van der Waals surface area contributed by atoms with Gasteiger partial charge in [0.15, 0.2) is 0 Å². The molecule has 0 radical (unpaired) electrons. The van der Waals surface area contributed by atoms with Gasteiger partial charge in [0.2, 0.25) is 0 Å². The van der Waals surface area contributed by atoms with Gasteiger partial charge in [-0.2, -0.15) is 0 Å². The van der Waals surface area contributed by atoms with E-state index in [0.29, 0.717) is 0 Å². The maximum atomic E-state index is 9.73. The number of hydrogen-bond donors (Lipinski definition) is 1. The third-order valence-corrected chi connectivity index (χ3v) is 4.65. The molecule has 0 spiro atoms. The van der Waals surface area contributed by atoms with Crippen LogP contribution in [0, 0.1) is 0 Å². The summed E-state index contributed by atoms with van der Waals surface area (Å²) >= 11 is 0. The van der Waals surface area contributed by atoms with Crippen LogP contribution in [0.25, 0.3) is 0 Å². The molecule has 0 atom stereocenters. The van der Waals surface area contributed by atoms with E-state index in [1.54, 1.807) is 0 Å². The summed E-state index contributed by atoms with van der Waals surface area (Å²) in [6.45, 7) is 2.47. The van der Waals surface area contributed by atoms with Gasteiger partial charge in [-0.15, -0.1) is 0 Å². The smallest absolute Gasteiger partial charge is 0.0442 e. The summed E-state index contributed by atoms with van der Waals surface area (Å²) in [6, 6.07) is 21.4. The largest absolute Gasteiger partial charge is 0.396 e. The van der Waals surface area contributed by atoms with Crippen LogP contribution in [-0.4, -0.2) is 11.7 Å². The van der Waals surface area contributed by atoms with Crippen LogP contribution in [0.1, 0.15) is 56.6 Å². The van der Waals surface area contributed by atoms with Crippen molar-refractivity contribution in [2.24, 2.45) is 0 Å². The van der Waals surface area contributed by atoms with E-state index in [-0.39, 0.29) is 12.0 Å². The van der Waals surface area contributed by atoms with Gasteiger partial charge in [-0.1, -0.05) is 93.3 Å². The number of benzene rings is 2. The van der Waals surface area contributed by atoms with E-state index in [9.17, 15) is 5.11 Å². The van der Waals surface area contributed by atoms with Crippen LogP contribution in [0.3, 0.4) is 0 Å². The molecule has 0 saturated carbocycles. The summed E-state index contributed by atoms with van der Waals surface area (Å²) in [5.41, 5.74) is 2.59. The fourth-order valence-corrected chi connectivity index (χ4v) is 3.43. The van der Waals surface area contributed by atoms with Gasteiger partial charge < -0.3 is 5.11 Å². The van der Waals surface area contributed by atoms with Crippen molar-refractivity contribution in [3.63, 3.8) is 0 Å². The molecular formula is C21H28O. The number of hydrogen-bond acceptors (Lipinski definition) is 1. The minimum atomic E-state index is -0.0645. The van der Waals surface area contributed by atoms with Crippen molar-refractivity contribution in [1.29, 1.82) is 0 Å². The fourth-order valence-electron chi connectivity index (χ4n) is 3.43. The van der Waals surface area contributed by atoms with Crippen LogP contribution >= 0.6 is 0 Å². The first-order valence-electron chi connectivity index (χ1n) is 8.55. The van der Waals surface area contributed by atoms with Crippen molar-refractivity contribution in [1.82, 2.24) is 0 Å². The summed E-state index contributed by atoms with van der Waals surface area (Å²) in [4.78, 5) is 0. The molecule has 0 bridgehead atoms. The second-order valence-corrected chi connectivity index (χ2v) is 6.10. The number of aliphatic hydroxyl groups excluding tert-OH is 1. The van der Waals surface area contributed by atoms with E-state index in [4.69, 9.17) is 0 Å². The third kappa shape index (κ3) is 3.98. The molecule has 0 fully saturated rings. The quantitative estimate of drug-likeness (QED) is 0.620. The summed E-state index contributed by atoms with van der Waals surface area (Å²) in [5, 5.41) is 9.73. The lowest BCUT2D eigenvalue weighted by Gasteiger charge is -2.35. The lowest BCUT2D eigenvalue weighted by molar-refractivity contribution is 0.245. The van der Waals surface area contributed by atoms with Gasteiger partial charge in [0, 0.05) is 12.0 Å². The topological polar surface area (TPSA) is 20.2 Å². The highest BCUT2D eigenvalue weighted by atomic mass is 16.3. The number of aliphatic hydroxyl groups is 1. The zero-order valence-corrected chi connectivity index (χ0v) is 13.7. The first-order chi connectivity index (χ1) is 10.8. The third-order valence-electron chi connectivity index (χ3n) is 4.65. The van der Waals surface area contributed by atoms with E-state index in [1.807, 2.05) is 0 Å². The van der Waals surface area contributed by atoms with Gasteiger partial charge in [0.05, 0.1) is 0 Å². The van der Waals surface area contributed by atoms with E-state index in [1.165, 1.54) is 36.8 Å². The maximum Gasteiger partial charge on any atom is 0.0442 e. The molecular weight excluding hydrogens is 268 g/mol. The van der Waals surface area contributed by atoms with Crippen LogP contribution < -0.4 is 0 Å². The Kier molecular flexibility index (Phi) is 6.67. The minimum absolute atomic E-state index is 0.0645. The Morgan fingerprint density at radius 1 is 0.727 bits per heavy atom. The summed E-state index contributed by atoms with van der Waals surface area (Å²) < 4.78 is 0. The lowest BCUT2D eigenvalue weighted by Crippen LogP contribution is -2.29. The highest BCUT2D eigenvalue weighted by molar-refractivity contribution is 5.39. The second kappa shape index (κ2) is 8.75. The van der Waals surface area contributed by atoms with Gasteiger partial charge in [-0.3, -0.25) is 0 Å². The van der Waals surface area contributed by atoms with Gasteiger partial charge in [-0.25, -0.2) is 0 Å². The normalized spacial score (nSPS) is 11.5. The molecule has 1 nitrogen and oxygen atoms in total. The molecule has 0 aliphatic heterocycles. The molecule has 0 aliphatic rings. The highest BCUT2D eigenvalue weighted by Crippen LogP contribution is 2.40. The van der Waals surface area contributed by atoms with Crippen molar-refractivity contribution in [3.05, 3.63) is 71.8 Å². The predicted octanol–water partition coefficient (Wildman–Crippen LogP) is 5.33. The van der Waals surface area contributed by atoms with Crippen molar-refractivity contribution in [3.8, 4) is 0 Å². The average Bonchev–Trinajstić information content (AvgIpc) is 2.59. The van der Waals surface area contributed by atoms with Crippen LogP contribution in [0.5, 0.6) is 0 Å². The Balaban J connectivity index is 2.36. The molecule has 2 aromatic rings.